The third-order valence-corrected chi connectivity index (χ3v) is 3.37. The van der Waals surface area contributed by atoms with Gasteiger partial charge in [0, 0.05) is 6.07 Å². The fourth-order valence-electron chi connectivity index (χ4n) is 2.06. The normalized spacial score (nSPS) is 11.9. The number of hydrogen-bond acceptors (Lipinski definition) is 3. The van der Waals surface area contributed by atoms with E-state index in [0.29, 0.717) is 0 Å². The van der Waals surface area contributed by atoms with Gasteiger partial charge in [-0.2, -0.15) is 5.10 Å². The maximum absolute atomic E-state index is 12.0. The van der Waals surface area contributed by atoms with Crippen LogP contribution in [0.5, 0.6) is 0 Å². The lowest BCUT2D eigenvalue weighted by Crippen LogP contribution is -2.29. The SMILES string of the molecule is Cc1cccc([C@@H](C)NC(=O)c2ccc(=O)[nH]n2)c1C. The number of nitrogens with zero attached hydrogens (tertiary/aromatic N) is 1. The number of hydrogen-bond donors (Lipinski definition) is 2. The zero-order valence-corrected chi connectivity index (χ0v) is 11.7. The van der Waals surface area contributed by atoms with Crippen LogP contribution in [0.4, 0.5) is 0 Å². The van der Waals surface area contributed by atoms with Crippen molar-refractivity contribution >= 4 is 5.91 Å². The number of H-pyrrole nitrogens is 1. The van der Waals surface area contributed by atoms with Gasteiger partial charge in [0.1, 0.15) is 5.69 Å². The molecule has 1 aromatic heterocycles. The van der Waals surface area contributed by atoms with E-state index in [1.54, 1.807) is 0 Å². The first-order chi connectivity index (χ1) is 9.49. The minimum Gasteiger partial charge on any atom is -0.344 e. The number of carbonyl (C=O) groups excluding carboxylic acids is 1. The Morgan fingerprint density at radius 3 is 2.65 bits per heavy atom. The van der Waals surface area contributed by atoms with Crippen LogP contribution in [0.1, 0.15) is 40.1 Å². The van der Waals surface area contributed by atoms with E-state index < -0.39 is 0 Å². The molecule has 1 amide bonds. The summed E-state index contributed by atoms with van der Waals surface area (Å²) >= 11 is 0. The Balaban J connectivity index is 2.17. The van der Waals surface area contributed by atoms with Crippen LogP contribution in [0.25, 0.3) is 0 Å². The lowest BCUT2D eigenvalue weighted by atomic mass is 9.98. The number of amides is 1. The molecule has 5 nitrogen and oxygen atoms in total. The molecule has 1 atom stereocenters. The Kier molecular flexibility index (Phi) is 3.98. The zero-order valence-electron chi connectivity index (χ0n) is 11.7. The van der Waals surface area contributed by atoms with Crippen LogP contribution in [0.15, 0.2) is 35.1 Å². The topological polar surface area (TPSA) is 74.8 Å². The zero-order chi connectivity index (χ0) is 14.7. The van der Waals surface area contributed by atoms with Crippen molar-refractivity contribution in [1.82, 2.24) is 15.5 Å². The van der Waals surface area contributed by atoms with E-state index in [4.69, 9.17) is 0 Å². The Hall–Kier alpha value is -2.43. The highest BCUT2D eigenvalue weighted by Gasteiger charge is 2.14. The predicted molar refractivity (Wildman–Crippen MR) is 76.7 cm³/mol. The van der Waals surface area contributed by atoms with E-state index >= 15 is 0 Å². The third kappa shape index (κ3) is 2.93. The number of aryl methyl sites for hydroxylation is 1. The lowest BCUT2D eigenvalue weighted by Gasteiger charge is -2.17. The summed E-state index contributed by atoms with van der Waals surface area (Å²) in [6, 6.07) is 8.56. The molecule has 104 valence electrons. The Bertz CT molecular complexity index is 671. The fraction of sp³-hybridized carbons (Fsp3) is 0.267. The number of nitrogens with one attached hydrogen (secondary N) is 2. The van der Waals surface area contributed by atoms with Crippen LogP contribution in [0.2, 0.25) is 0 Å². The highest BCUT2D eigenvalue weighted by atomic mass is 16.2. The van der Waals surface area contributed by atoms with Gasteiger partial charge in [0.15, 0.2) is 0 Å². The van der Waals surface area contributed by atoms with Crippen molar-refractivity contribution < 1.29 is 4.79 Å². The molecule has 0 spiro atoms. The first-order valence-corrected chi connectivity index (χ1v) is 6.41. The maximum atomic E-state index is 12.0. The molecule has 0 radical (unpaired) electrons. The van der Waals surface area contributed by atoms with Gasteiger partial charge in [-0.15, -0.1) is 0 Å². The van der Waals surface area contributed by atoms with Crippen molar-refractivity contribution in [1.29, 1.82) is 0 Å². The Morgan fingerprint density at radius 2 is 2.00 bits per heavy atom. The monoisotopic (exact) mass is 271 g/mol. The second-order valence-electron chi connectivity index (χ2n) is 4.79. The molecule has 1 aromatic carbocycles. The highest BCUT2D eigenvalue weighted by molar-refractivity contribution is 5.92. The summed E-state index contributed by atoms with van der Waals surface area (Å²) in [5.74, 6) is -0.311. The van der Waals surface area contributed by atoms with Crippen molar-refractivity contribution in [2.45, 2.75) is 26.8 Å². The maximum Gasteiger partial charge on any atom is 0.272 e. The van der Waals surface area contributed by atoms with Gasteiger partial charge >= 0.3 is 0 Å². The van der Waals surface area contributed by atoms with Crippen LogP contribution < -0.4 is 10.9 Å². The molecule has 0 saturated carbocycles. The standard InChI is InChI=1S/C15H17N3O2/c1-9-5-4-6-12(10(9)2)11(3)16-15(20)13-7-8-14(19)18-17-13/h4-8,11H,1-3H3,(H,16,20)(H,18,19)/t11-/m1/s1. The molecule has 5 heteroatoms. The fourth-order valence-corrected chi connectivity index (χ4v) is 2.06. The van der Waals surface area contributed by atoms with Crippen molar-refractivity contribution in [3.8, 4) is 0 Å². The quantitative estimate of drug-likeness (QED) is 0.895. The second kappa shape index (κ2) is 5.69. The van der Waals surface area contributed by atoms with Crippen LogP contribution in [-0.4, -0.2) is 16.1 Å². The molecule has 2 rings (SSSR count). The minimum absolute atomic E-state index is 0.129. The van der Waals surface area contributed by atoms with Crippen LogP contribution in [0, 0.1) is 13.8 Å². The number of carbonyl (C=O) groups is 1. The van der Waals surface area contributed by atoms with Gasteiger partial charge in [-0.3, -0.25) is 9.59 Å². The lowest BCUT2D eigenvalue weighted by molar-refractivity contribution is 0.0933. The smallest absolute Gasteiger partial charge is 0.272 e. The van der Waals surface area contributed by atoms with E-state index in [-0.39, 0.29) is 23.2 Å². The summed E-state index contributed by atoms with van der Waals surface area (Å²) in [6.45, 7) is 5.99. The Morgan fingerprint density at radius 1 is 1.25 bits per heavy atom. The first kappa shape index (κ1) is 14.0. The Labute approximate surface area is 117 Å². The van der Waals surface area contributed by atoms with E-state index in [2.05, 4.69) is 15.5 Å². The summed E-state index contributed by atoms with van der Waals surface area (Å²) in [6.07, 6.45) is 0. The van der Waals surface area contributed by atoms with Crippen LogP contribution in [-0.2, 0) is 0 Å². The van der Waals surface area contributed by atoms with Gasteiger partial charge in [-0.25, -0.2) is 5.10 Å². The molecule has 0 bridgehead atoms. The summed E-state index contributed by atoms with van der Waals surface area (Å²) < 4.78 is 0. The average Bonchev–Trinajstić information content (AvgIpc) is 2.42. The average molecular weight is 271 g/mol. The summed E-state index contributed by atoms with van der Waals surface area (Å²) in [7, 11) is 0. The van der Waals surface area contributed by atoms with Gasteiger partial charge in [0.2, 0.25) is 0 Å². The molecule has 0 fully saturated rings. The largest absolute Gasteiger partial charge is 0.344 e. The molecule has 0 aliphatic rings. The number of benzene rings is 1. The van der Waals surface area contributed by atoms with E-state index in [1.165, 1.54) is 17.7 Å². The van der Waals surface area contributed by atoms with Crippen molar-refractivity contribution in [2.75, 3.05) is 0 Å². The van der Waals surface area contributed by atoms with Gasteiger partial charge in [-0.1, -0.05) is 18.2 Å². The first-order valence-electron chi connectivity index (χ1n) is 6.41. The summed E-state index contributed by atoms with van der Waals surface area (Å²) in [4.78, 5) is 23.0. The van der Waals surface area contributed by atoms with Gasteiger partial charge in [-0.05, 0) is 43.5 Å². The van der Waals surface area contributed by atoms with E-state index in [0.717, 1.165) is 11.1 Å². The molecule has 2 N–H and O–H groups in total. The van der Waals surface area contributed by atoms with E-state index in [9.17, 15) is 9.59 Å². The van der Waals surface area contributed by atoms with Crippen LogP contribution in [0.3, 0.4) is 0 Å². The van der Waals surface area contributed by atoms with Crippen molar-refractivity contribution in [3.63, 3.8) is 0 Å². The number of aromatic amines is 1. The summed E-state index contributed by atoms with van der Waals surface area (Å²) in [5.41, 5.74) is 3.29. The van der Waals surface area contributed by atoms with Gasteiger partial charge in [0.05, 0.1) is 6.04 Å². The molecule has 1 heterocycles. The molecule has 0 aliphatic heterocycles. The molecular formula is C15H17N3O2. The van der Waals surface area contributed by atoms with E-state index in [1.807, 2.05) is 39.0 Å². The second-order valence-corrected chi connectivity index (χ2v) is 4.79. The van der Waals surface area contributed by atoms with Crippen molar-refractivity contribution in [3.05, 3.63) is 63.1 Å². The molecular weight excluding hydrogens is 254 g/mol. The molecule has 0 unspecified atom stereocenters. The molecule has 0 saturated heterocycles. The molecule has 2 aromatic rings. The number of rotatable bonds is 3. The third-order valence-electron chi connectivity index (χ3n) is 3.37. The molecule has 20 heavy (non-hydrogen) atoms. The molecule has 0 aliphatic carbocycles. The predicted octanol–water partition coefficient (Wildman–Crippen LogP) is 1.88. The van der Waals surface area contributed by atoms with Gasteiger partial charge in [0.25, 0.3) is 11.5 Å². The van der Waals surface area contributed by atoms with Crippen LogP contribution >= 0.6 is 0 Å². The number of aromatic nitrogens is 2. The van der Waals surface area contributed by atoms with Gasteiger partial charge < -0.3 is 5.32 Å². The summed E-state index contributed by atoms with van der Waals surface area (Å²) in [5, 5.41) is 8.84. The highest BCUT2D eigenvalue weighted by Crippen LogP contribution is 2.20. The van der Waals surface area contributed by atoms with Crippen molar-refractivity contribution in [2.24, 2.45) is 0 Å². The minimum atomic E-state index is -0.330.